The number of nitrogens with zero attached hydrogens (tertiary/aromatic N) is 4. The first-order chi connectivity index (χ1) is 8.09. The lowest BCUT2D eigenvalue weighted by Crippen LogP contribution is -2.02. The van der Waals surface area contributed by atoms with Gasteiger partial charge < -0.3 is 0 Å². The summed E-state index contributed by atoms with van der Waals surface area (Å²) in [6.07, 6.45) is 2.73. The van der Waals surface area contributed by atoms with Crippen LogP contribution in [-0.2, 0) is 0 Å². The molecule has 0 bridgehead atoms. The second-order valence-corrected chi connectivity index (χ2v) is 3.97. The normalized spacial score (nSPS) is 10.2. The third kappa shape index (κ3) is 2.18. The zero-order valence-electron chi connectivity index (χ0n) is 8.90. The van der Waals surface area contributed by atoms with Gasteiger partial charge in [-0.3, -0.25) is 10.1 Å². The Morgan fingerprint density at radius 3 is 2.82 bits per heavy atom. The Balaban J connectivity index is 2.61. The molecular weight excluding hydrogens is 240 g/mol. The van der Waals surface area contributed by atoms with Gasteiger partial charge in [0.1, 0.15) is 18.3 Å². The largest absolute Gasteiger partial charge is 0.295 e. The van der Waals surface area contributed by atoms with Crippen molar-refractivity contribution in [1.29, 1.82) is 0 Å². The second-order valence-electron chi connectivity index (χ2n) is 3.36. The number of thiocarbonyl (C=S) groups is 1. The molecule has 2 rings (SSSR count). The van der Waals surface area contributed by atoms with Crippen LogP contribution in [-0.4, -0.2) is 24.6 Å². The molecule has 0 radical (unpaired) electrons. The van der Waals surface area contributed by atoms with E-state index in [9.17, 15) is 10.1 Å². The van der Waals surface area contributed by atoms with Gasteiger partial charge in [-0.25, -0.2) is 9.67 Å². The van der Waals surface area contributed by atoms with Gasteiger partial charge in [-0.15, -0.1) is 0 Å². The minimum Gasteiger partial charge on any atom is -0.258 e. The number of rotatable bonds is 3. The lowest BCUT2D eigenvalue weighted by molar-refractivity contribution is -0.384. The Labute approximate surface area is 102 Å². The Kier molecular flexibility index (Phi) is 2.92. The van der Waals surface area contributed by atoms with Gasteiger partial charge in [-0.1, -0.05) is 18.3 Å². The lowest BCUT2D eigenvalue weighted by Gasteiger charge is -2.04. The topological polar surface area (TPSA) is 73.8 Å². The predicted octanol–water partition coefficient (Wildman–Crippen LogP) is 1.91. The van der Waals surface area contributed by atoms with Gasteiger partial charge in [0.15, 0.2) is 0 Å². The van der Waals surface area contributed by atoms with Crippen LogP contribution in [0.5, 0.6) is 0 Å². The molecule has 1 aromatic carbocycles. The lowest BCUT2D eigenvalue weighted by atomic mass is 10.1. The third-order valence-corrected chi connectivity index (χ3v) is 2.48. The van der Waals surface area contributed by atoms with Gasteiger partial charge in [0.05, 0.1) is 4.92 Å². The molecule has 0 aliphatic carbocycles. The molecule has 0 atom stereocenters. The molecule has 0 saturated carbocycles. The van der Waals surface area contributed by atoms with E-state index >= 15 is 0 Å². The van der Waals surface area contributed by atoms with Crippen molar-refractivity contribution in [1.82, 2.24) is 14.8 Å². The fourth-order valence-corrected chi connectivity index (χ4v) is 1.54. The van der Waals surface area contributed by atoms with E-state index in [0.717, 1.165) is 0 Å². The Morgan fingerprint density at radius 1 is 1.53 bits per heavy atom. The summed E-state index contributed by atoms with van der Waals surface area (Å²) >= 11 is 4.99. The predicted molar refractivity (Wildman–Crippen MR) is 65.4 cm³/mol. The summed E-state index contributed by atoms with van der Waals surface area (Å²) in [5.41, 5.74) is 0.986. The van der Waals surface area contributed by atoms with Crippen LogP contribution in [0.25, 0.3) is 5.69 Å². The smallest absolute Gasteiger partial charge is 0.258 e. The van der Waals surface area contributed by atoms with Crippen LogP contribution in [0.2, 0.25) is 0 Å². The van der Waals surface area contributed by atoms with E-state index in [4.69, 9.17) is 12.2 Å². The summed E-state index contributed by atoms with van der Waals surface area (Å²) in [6, 6.07) is 4.78. The molecule has 0 unspecified atom stereocenters. The van der Waals surface area contributed by atoms with Crippen LogP contribution in [0.15, 0.2) is 30.9 Å². The van der Waals surface area contributed by atoms with E-state index in [1.54, 1.807) is 19.1 Å². The molecule has 0 saturated heterocycles. The number of hydrogen-bond acceptors (Lipinski definition) is 5. The average molecular weight is 248 g/mol. The average Bonchev–Trinajstić information content (AvgIpc) is 2.81. The van der Waals surface area contributed by atoms with Gasteiger partial charge in [0.25, 0.3) is 5.69 Å². The standard InChI is InChI=1S/C10H8N4O2S/c1-7(17)8-2-3-9(10(4-8)14(15)16)13-6-11-5-12-13/h2-6H,1H3. The highest BCUT2D eigenvalue weighted by molar-refractivity contribution is 7.80. The van der Waals surface area contributed by atoms with Crippen LogP contribution in [0.4, 0.5) is 5.69 Å². The molecule has 7 heteroatoms. The van der Waals surface area contributed by atoms with Crippen molar-refractivity contribution in [2.75, 3.05) is 0 Å². The van der Waals surface area contributed by atoms with Gasteiger partial charge in [0.2, 0.25) is 0 Å². The van der Waals surface area contributed by atoms with Crippen molar-refractivity contribution in [3.8, 4) is 5.69 Å². The van der Waals surface area contributed by atoms with Crippen molar-refractivity contribution in [3.05, 3.63) is 46.5 Å². The van der Waals surface area contributed by atoms with E-state index in [1.807, 2.05) is 0 Å². The molecule has 86 valence electrons. The molecule has 0 amide bonds. The van der Waals surface area contributed by atoms with Gasteiger partial charge in [0, 0.05) is 10.9 Å². The molecule has 2 aromatic rings. The van der Waals surface area contributed by atoms with Crippen molar-refractivity contribution in [2.45, 2.75) is 6.92 Å². The number of aromatic nitrogens is 3. The molecule has 0 N–H and O–H groups in total. The summed E-state index contributed by atoms with van der Waals surface area (Å²) < 4.78 is 1.35. The maximum absolute atomic E-state index is 11.0. The molecule has 0 spiro atoms. The number of hydrogen-bond donors (Lipinski definition) is 0. The van der Waals surface area contributed by atoms with E-state index in [1.165, 1.54) is 23.4 Å². The second kappa shape index (κ2) is 4.38. The first-order valence-corrected chi connectivity index (χ1v) is 5.15. The zero-order valence-corrected chi connectivity index (χ0v) is 9.72. The van der Waals surface area contributed by atoms with Crippen molar-refractivity contribution in [2.24, 2.45) is 0 Å². The Bertz CT molecular complexity index is 580. The highest BCUT2D eigenvalue weighted by Crippen LogP contribution is 2.23. The summed E-state index contributed by atoms with van der Waals surface area (Å²) in [7, 11) is 0. The first kappa shape index (κ1) is 11.3. The molecule has 1 heterocycles. The first-order valence-electron chi connectivity index (χ1n) is 4.74. The van der Waals surface area contributed by atoms with Gasteiger partial charge >= 0.3 is 0 Å². The van der Waals surface area contributed by atoms with Crippen LogP contribution < -0.4 is 0 Å². The maximum Gasteiger partial charge on any atom is 0.295 e. The van der Waals surface area contributed by atoms with Crippen LogP contribution in [0.3, 0.4) is 0 Å². The minimum absolute atomic E-state index is 0.0443. The quantitative estimate of drug-likeness (QED) is 0.359. The van der Waals surface area contributed by atoms with Crippen molar-refractivity contribution >= 4 is 22.8 Å². The molecular formula is C10H8N4O2S. The van der Waals surface area contributed by atoms with Crippen molar-refractivity contribution in [3.63, 3.8) is 0 Å². The zero-order chi connectivity index (χ0) is 12.4. The Morgan fingerprint density at radius 2 is 2.29 bits per heavy atom. The van der Waals surface area contributed by atoms with E-state index in [0.29, 0.717) is 16.1 Å². The number of benzene rings is 1. The fourth-order valence-electron chi connectivity index (χ4n) is 1.42. The number of nitro benzene ring substituents is 1. The molecule has 17 heavy (non-hydrogen) atoms. The fraction of sp³-hybridized carbons (Fsp3) is 0.100. The van der Waals surface area contributed by atoms with E-state index in [2.05, 4.69) is 10.1 Å². The molecule has 1 aromatic heterocycles. The van der Waals surface area contributed by atoms with Gasteiger partial charge in [-0.05, 0) is 18.6 Å². The van der Waals surface area contributed by atoms with Crippen molar-refractivity contribution < 1.29 is 4.92 Å². The van der Waals surface area contributed by atoms with E-state index < -0.39 is 4.92 Å². The summed E-state index contributed by atoms with van der Waals surface area (Å²) in [5, 5.41) is 14.9. The summed E-state index contributed by atoms with van der Waals surface area (Å²) in [6.45, 7) is 1.73. The molecule has 6 nitrogen and oxygen atoms in total. The van der Waals surface area contributed by atoms with Gasteiger partial charge in [-0.2, -0.15) is 5.10 Å². The highest BCUT2D eigenvalue weighted by Gasteiger charge is 2.17. The SMILES string of the molecule is CC(=S)c1ccc(-n2cncn2)c([N+](=O)[O-])c1. The third-order valence-electron chi connectivity index (χ3n) is 2.24. The molecule has 0 fully saturated rings. The molecule has 0 aliphatic heterocycles. The minimum atomic E-state index is -0.460. The van der Waals surface area contributed by atoms with Crippen LogP contribution >= 0.6 is 12.2 Å². The summed E-state index contributed by atoms with van der Waals surface area (Å²) in [5.74, 6) is 0. The highest BCUT2D eigenvalue weighted by atomic mass is 32.1. The van der Waals surface area contributed by atoms with Crippen LogP contribution in [0.1, 0.15) is 12.5 Å². The Hall–Kier alpha value is -2.15. The number of nitro groups is 1. The van der Waals surface area contributed by atoms with E-state index in [-0.39, 0.29) is 5.69 Å². The van der Waals surface area contributed by atoms with Crippen LogP contribution in [0, 0.1) is 10.1 Å². The summed E-state index contributed by atoms with van der Waals surface area (Å²) in [4.78, 5) is 14.9. The maximum atomic E-state index is 11.0. The monoisotopic (exact) mass is 248 g/mol. The molecule has 0 aliphatic rings.